The van der Waals surface area contributed by atoms with Gasteiger partial charge in [0.25, 0.3) is 0 Å². The van der Waals surface area contributed by atoms with Crippen molar-refractivity contribution >= 4 is 17.5 Å². The molecule has 1 aliphatic carbocycles. The standard InChI is InChI=1S/C19H26N4O2/c1-19(2,3)23-18-21-15(12-6-7-12)11-17(22-18)20-14-9-8-13(24-4)10-16(14)25-5/h8-12H,6-7H2,1-5H3,(H2,20,21,22,23). The van der Waals surface area contributed by atoms with Gasteiger partial charge in [0.05, 0.1) is 25.6 Å². The topological polar surface area (TPSA) is 68.3 Å². The van der Waals surface area contributed by atoms with Gasteiger partial charge in [-0.05, 0) is 45.7 Å². The number of methoxy groups -OCH3 is 2. The van der Waals surface area contributed by atoms with Crippen LogP contribution in [-0.4, -0.2) is 29.7 Å². The molecule has 1 heterocycles. The largest absolute Gasteiger partial charge is 0.497 e. The number of aromatic nitrogens is 2. The summed E-state index contributed by atoms with van der Waals surface area (Å²) in [5, 5.41) is 6.72. The van der Waals surface area contributed by atoms with Crippen LogP contribution in [-0.2, 0) is 0 Å². The summed E-state index contributed by atoms with van der Waals surface area (Å²) in [6, 6.07) is 7.68. The minimum Gasteiger partial charge on any atom is -0.497 e. The third-order valence-electron chi connectivity index (χ3n) is 3.90. The van der Waals surface area contributed by atoms with Crippen LogP contribution < -0.4 is 20.1 Å². The monoisotopic (exact) mass is 342 g/mol. The van der Waals surface area contributed by atoms with E-state index in [1.807, 2.05) is 24.3 Å². The van der Waals surface area contributed by atoms with Crippen molar-refractivity contribution in [2.24, 2.45) is 0 Å². The summed E-state index contributed by atoms with van der Waals surface area (Å²) in [6.45, 7) is 6.29. The van der Waals surface area contributed by atoms with Crippen LogP contribution >= 0.6 is 0 Å². The first-order chi connectivity index (χ1) is 11.9. The van der Waals surface area contributed by atoms with E-state index in [9.17, 15) is 0 Å². The SMILES string of the molecule is COc1ccc(Nc2cc(C3CC3)nc(NC(C)(C)C)n2)c(OC)c1. The Bertz CT molecular complexity index is 752. The highest BCUT2D eigenvalue weighted by atomic mass is 16.5. The molecule has 0 aliphatic heterocycles. The predicted octanol–water partition coefficient (Wildman–Crippen LogP) is 4.33. The molecule has 2 N–H and O–H groups in total. The number of hydrogen-bond donors (Lipinski definition) is 2. The molecule has 25 heavy (non-hydrogen) atoms. The molecule has 0 amide bonds. The molecule has 1 aromatic heterocycles. The molecule has 1 aliphatic rings. The first-order valence-electron chi connectivity index (χ1n) is 8.54. The fraction of sp³-hybridized carbons (Fsp3) is 0.474. The predicted molar refractivity (Wildman–Crippen MR) is 100 cm³/mol. The van der Waals surface area contributed by atoms with E-state index in [4.69, 9.17) is 9.47 Å². The van der Waals surface area contributed by atoms with Gasteiger partial charge in [0, 0.05) is 23.6 Å². The van der Waals surface area contributed by atoms with E-state index in [1.54, 1.807) is 14.2 Å². The Morgan fingerprint density at radius 3 is 2.40 bits per heavy atom. The molecule has 2 aromatic rings. The van der Waals surface area contributed by atoms with Gasteiger partial charge in [0.1, 0.15) is 17.3 Å². The lowest BCUT2D eigenvalue weighted by molar-refractivity contribution is 0.395. The average Bonchev–Trinajstić information content (AvgIpc) is 3.38. The Balaban J connectivity index is 1.91. The number of anilines is 3. The zero-order valence-electron chi connectivity index (χ0n) is 15.5. The average molecular weight is 342 g/mol. The molecule has 0 bridgehead atoms. The fourth-order valence-electron chi connectivity index (χ4n) is 2.55. The Morgan fingerprint density at radius 1 is 1.04 bits per heavy atom. The first kappa shape index (κ1) is 17.3. The van der Waals surface area contributed by atoms with Crippen LogP contribution in [0.5, 0.6) is 11.5 Å². The second-order valence-electron chi connectivity index (χ2n) is 7.34. The van der Waals surface area contributed by atoms with E-state index in [-0.39, 0.29) is 5.54 Å². The van der Waals surface area contributed by atoms with Crippen LogP contribution in [0.4, 0.5) is 17.5 Å². The van der Waals surface area contributed by atoms with Crippen molar-refractivity contribution in [2.45, 2.75) is 45.1 Å². The maximum atomic E-state index is 5.46. The summed E-state index contributed by atoms with van der Waals surface area (Å²) in [7, 11) is 3.28. The number of nitrogens with one attached hydrogen (secondary N) is 2. The van der Waals surface area contributed by atoms with Gasteiger partial charge in [-0.15, -0.1) is 0 Å². The van der Waals surface area contributed by atoms with Crippen LogP contribution in [0.1, 0.15) is 45.2 Å². The first-order valence-corrected chi connectivity index (χ1v) is 8.54. The molecule has 0 unspecified atom stereocenters. The Labute approximate surface area is 149 Å². The highest BCUT2D eigenvalue weighted by Crippen LogP contribution is 2.40. The van der Waals surface area contributed by atoms with E-state index < -0.39 is 0 Å². The second kappa shape index (κ2) is 6.78. The lowest BCUT2D eigenvalue weighted by Gasteiger charge is -2.21. The summed E-state index contributed by atoms with van der Waals surface area (Å²) < 4.78 is 10.7. The van der Waals surface area contributed by atoms with Crippen molar-refractivity contribution in [2.75, 3.05) is 24.9 Å². The third kappa shape index (κ3) is 4.53. The van der Waals surface area contributed by atoms with E-state index in [0.29, 0.717) is 17.6 Å². The fourth-order valence-corrected chi connectivity index (χ4v) is 2.55. The smallest absolute Gasteiger partial charge is 0.225 e. The number of ether oxygens (including phenoxy) is 2. The van der Waals surface area contributed by atoms with Crippen LogP contribution in [0, 0.1) is 0 Å². The summed E-state index contributed by atoms with van der Waals surface area (Å²) in [4.78, 5) is 9.30. The minimum absolute atomic E-state index is 0.1000. The second-order valence-corrected chi connectivity index (χ2v) is 7.34. The Morgan fingerprint density at radius 2 is 1.80 bits per heavy atom. The van der Waals surface area contributed by atoms with Gasteiger partial charge in [-0.3, -0.25) is 0 Å². The molecule has 3 rings (SSSR count). The van der Waals surface area contributed by atoms with E-state index >= 15 is 0 Å². The molecular formula is C19H26N4O2. The molecule has 1 aromatic carbocycles. The molecular weight excluding hydrogens is 316 g/mol. The third-order valence-corrected chi connectivity index (χ3v) is 3.90. The van der Waals surface area contributed by atoms with Crippen LogP contribution in [0.15, 0.2) is 24.3 Å². The van der Waals surface area contributed by atoms with Gasteiger partial charge in [0.15, 0.2) is 0 Å². The molecule has 6 heteroatoms. The van der Waals surface area contributed by atoms with Gasteiger partial charge in [-0.2, -0.15) is 4.98 Å². The van der Waals surface area contributed by atoms with E-state index in [0.717, 1.165) is 22.9 Å². The molecule has 0 atom stereocenters. The van der Waals surface area contributed by atoms with Gasteiger partial charge >= 0.3 is 0 Å². The van der Waals surface area contributed by atoms with Crippen LogP contribution in [0.2, 0.25) is 0 Å². The maximum absolute atomic E-state index is 5.46. The summed E-state index contributed by atoms with van der Waals surface area (Å²) in [6.07, 6.45) is 2.38. The molecule has 0 spiro atoms. The summed E-state index contributed by atoms with van der Waals surface area (Å²) >= 11 is 0. The molecule has 134 valence electrons. The van der Waals surface area contributed by atoms with Crippen molar-refractivity contribution in [3.05, 3.63) is 30.0 Å². The van der Waals surface area contributed by atoms with Crippen molar-refractivity contribution in [3.8, 4) is 11.5 Å². The molecule has 0 radical (unpaired) electrons. The van der Waals surface area contributed by atoms with Gasteiger partial charge in [0.2, 0.25) is 5.95 Å². The number of hydrogen-bond acceptors (Lipinski definition) is 6. The maximum Gasteiger partial charge on any atom is 0.225 e. The lowest BCUT2D eigenvalue weighted by Crippen LogP contribution is -2.27. The number of nitrogens with zero attached hydrogens (tertiary/aromatic N) is 2. The molecule has 1 fully saturated rings. The molecule has 0 saturated heterocycles. The molecule has 6 nitrogen and oxygen atoms in total. The summed E-state index contributed by atoms with van der Waals surface area (Å²) in [5.74, 6) is 3.40. The summed E-state index contributed by atoms with van der Waals surface area (Å²) in [5.41, 5.74) is 1.82. The van der Waals surface area contributed by atoms with Crippen LogP contribution in [0.3, 0.4) is 0 Å². The molecule has 1 saturated carbocycles. The highest BCUT2D eigenvalue weighted by Gasteiger charge is 2.27. The minimum atomic E-state index is -0.1000. The number of benzene rings is 1. The zero-order valence-corrected chi connectivity index (χ0v) is 15.5. The van der Waals surface area contributed by atoms with Gasteiger partial charge < -0.3 is 20.1 Å². The normalized spacial score (nSPS) is 14.1. The quantitative estimate of drug-likeness (QED) is 0.814. The van der Waals surface area contributed by atoms with Crippen LogP contribution in [0.25, 0.3) is 0 Å². The van der Waals surface area contributed by atoms with E-state index in [1.165, 1.54) is 12.8 Å². The van der Waals surface area contributed by atoms with Crippen molar-refractivity contribution < 1.29 is 9.47 Å². The van der Waals surface area contributed by atoms with Crippen molar-refractivity contribution in [3.63, 3.8) is 0 Å². The van der Waals surface area contributed by atoms with E-state index in [2.05, 4.69) is 41.4 Å². The van der Waals surface area contributed by atoms with Crippen molar-refractivity contribution in [1.29, 1.82) is 0 Å². The number of rotatable bonds is 6. The zero-order chi connectivity index (χ0) is 18.0. The van der Waals surface area contributed by atoms with Gasteiger partial charge in [-0.25, -0.2) is 4.98 Å². The van der Waals surface area contributed by atoms with Gasteiger partial charge in [-0.1, -0.05) is 0 Å². The Kier molecular flexibility index (Phi) is 4.70. The van der Waals surface area contributed by atoms with Crippen molar-refractivity contribution in [1.82, 2.24) is 9.97 Å². The highest BCUT2D eigenvalue weighted by molar-refractivity contribution is 5.66. The lowest BCUT2D eigenvalue weighted by atomic mass is 10.1. The Hall–Kier alpha value is -2.50.